The number of aromatic nitrogens is 3. The van der Waals surface area contributed by atoms with Crippen LogP contribution in [0.15, 0.2) is 12.4 Å². The summed E-state index contributed by atoms with van der Waals surface area (Å²) in [7, 11) is 0. The molecule has 0 N–H and O–H groups in total. The number of nitrogens with zero attached hydrogens (tertiary/aromatic N) is 3. The summed E-state index contributed by atoms with van der Waals surface area (Å²) in [5.74, 6) is 0.574. The van der Waals surface area contributed by atoms with E-state index in [-0.39, 0.29) is 0 Å². The van der Waals surface area contributed by atoms with Crippen LogP contribution in [0.3, 0.4) is 0 Å². The minimum absolute atomic E-state index is 0.574. The Kier molecular flexibility index (Phi) is 1.62. The Balaban J connectivity index is 2.88. The third-order valence-electron chi connectivity index (χ3n) is 1.94. The summed E-state index contributed by atoms with van der Waals surface area (Å²) < 4.78 is 1.71. The summed E-state index contributed by atoms with van der Waals surface area (Å²) in [6, 6.07) is 0. The second-order valence-electron chi connectivity index (χ2n) is 3.00. The first kappa shape index (κ1) is 7.91. The van der Waals surface area contributed by atoms with Crippen LogP contribution in [0.5, 0.6) is 0 Å². The summed E-state index contributed by atoms with van der Waals surface area (Å²) in [5.41, 5.74) is 2.30. The largest absolute Gasteiger partial charge is 0.296 e. The molecule has 0 spiro atoms. The van der Waals surface area contributed by atoms with Crippen LogP contribution in [0, 0.1) is 13.8 Å². The molecular formula is C9H9N3O. The molecule has 2 aromatic heterocycles. The minimum atomic E-state index is 0.574. The topological polar surface area (TPSA) is 47.3 Å². The number of carbonyl (C=O) groups is 1. The van der Waals surface area contributed by atoms with Crippen LogP contribution >= 0.6 is 0 Å². The van der Waals surface area contributed by atoms with E-state index in [1.807, 2.05) is 13.1 Å². The SMILES string of the molecule is Cc1cnc2nc(C)c(C=O)n2c1. The number of carbonyl (C=O) groups excluding carboxylic acids is 1. The summed E-state index contributed by atoms with van der Waals surface area (Å²) in [6.45, 7) is 3.73. The van der Waals surface area contributed by atoms with Crippen LogP contribution in [0.1, 0.15) is 21.7 Å². The predicted octanol–water partition coefficient (Wildman–Crippen LogP) is 1.16. The highest BCUT2D eigenvalue weighted by atomic mass is 16.1. The van der Waals surface area contributed by atoms with E-state index in [1.165, 1.54) is 0 Å². The second kappa shape index (κ2) is 2.65. The molecule has 2 aromatic rings. The number of imidazole rings is 1. The Morgan fingerprint density at radius 2 is 2.23 bits per heavy atom. The van der Waals surface area contributed by atoms with Crippen LogP contribution in [0.4, 0.5) is 0 Å². The van der Waals surface area contributed by atoms with E-state index in [2.05, 4.69) is 9.97 Å². The molecule has 13 heavy (non-hydrogen) atoms. The maximum absolute atomic E-state index is 10.7. The Bertz CT molecular complexity index is 473. The molecule has 66 valence electrons. The van der Waals surface area contributed by atoms with Gasteiger partial charge < -0.3 is 0 Å². The lowest BCUT2D eigenvalue weighted by molar-refractivity contribution is 0.111. The van der Waals surface area contributed by atoms with Gasteiger partial charge in [-0.15, -0.1) is 0 Å². The van der Waals surface area contributed by atoms with Gasteiger partial charge in [-0.1, -0.05) is 0 Å². The smallest absolute Gasteiger partial charge is 0.234 e. The van der Waals surface area contributed by atoms with Crippen LogP contribution in [0.2, 0.25) is 0 Å². The molecule has 0 saturated heterocycles. The zero-order valence-corrected chi connectivity index (χ0v) is 7.48. The van der Waals surface area contributed by atoms with Crippen molar-refractivity contribution >= 4 is 12.1 Å². The number of hydrogen-bond donors (Lipinski definition) is 0. The first-order chi connectivity index (χ1) is 6.22. The van der Waals surface area contributed by atoms with Gasteiger partial charge in [0.1, 0.15) is 5.69 Å². The van der Waals surface area contributed by atoms with Crippen molar-refractivity contribution < 1.29 is 4.79 Å². The van der Waals surface area contributed by atoms with Gasteiger partial charge in [-0.05, 0) is 19.4 Å². The molecule has 4 nitrogen and oxygen atoms in total. The molecule has 0 saturated carbocycles. The van der Waals surface area contributed by atoms with Gasteiger partial charge in [0.2, 0.25) is 5.78 Å². The number of aryl methyl sites for hydroxylation is 2. The molecule has 0 radical (unpaired) electrons. The van der Waals surface area contributed by atoms with Gasteiger partial charge in [-0.25, -0.2) is 9.97 Å². The zero-order chi connectivity index (χ0) is 9.42. The fraction of sp³-hybridized carbons (Fsp3) is 0.222. The molecule has 0 fully saturated rings. The van der Waals surface area contributed by atoms with Crippen molar-refractivity contribution in [3.05, 3.63) is 29.3 Å². The first-order valence-electron chi connectivity index (χ1n) is 3.99. The van der Waals surface area contributed by atoms with Gasteiger partial charge in [-0.3, -0.25) is 9.20 Å². The molecule has 0 aliphatic carbocycles. The van der Waals surface area contributed by atoms with Gasteiger partial charge in [0.15, 0.2) is 6.29 Å². The molecule has 0 aromatic carbocycles. The number of fused-ring (bicyclic) bond motifs is 1. The number of aldehydes is 1. The molecular weight excluding hydrogens is 166 g/mol. The number of rotatable bonds is 1. The van der Waals surface area contributed by atoms with Crippen molar-refractivity contribution in [1.82, 2.24) is 14.4 Å². The molecule has 0 atom stereocenters. The van der Waals surface area contributed by atoms with Gasteiger partial charge in [0, 0.05) is 12.4 Å². The first-order valence-corrected chi connectivity index (χ1v) is 3.99. The second-order valence-corrected chi connectivity index (χ2v) is 3.00. The van der Waals surface area contributed by atoms with Crippen molar-refractivity contribution in [3.63, 3.8) is 0 Å². The molecule has 0 unspecified atom stereocenters. The Labute approximate surface area is 75.2 Å². The highest BCUT2D eigenvalue weighted by molar-refractivity contribution is 5.75. The van der Waals surface area contributed by atoms with Crippen molar-refractivity contribution in [1.29, 1.82) is 0 Å². The Morgan fingerprint density at radius 1 is 1.46 bits per heavy atom. The monoisotopic (exact) mass is 175 g/mol. The van der Waals surface area contributed by atoms with Crippen LogP contribution in [-0.4, -0.2) is 20.7 Å². The fourth-order valence-corrected chi connectivity index (χ4v) is 1.30. The highest BCUT2D eigenvalue weighted by Gasteiger charge is 2.07. The lowest BCUT2D eigenvalue weighted by Gasteiger charge is -1.95. The minimum Gasteiger partial charge on any atom is -0.296 e. The van der Waals surface area contributed by atoms with Crippen molar-refractivity contribution in [2.24, 2.45) is 0 Å². The lowest BCUT2D eigenvalue weighted by atomic mass is 10.3. The summed E-state index contributed by atoms with van der Waals surface area (Å²) in [5, 5.41) is 0. The van der Waals surface area contributed by atoms with Crippen molar-refractivity contribution in [3.8, 4) is 0 Å². The molecule has 0 aliphatic rings. The van der Waals surface area contributed by atoms with E-state index in [0.29, 0.717) is 17.2 Å². The third kappa shape index (κ3) is 1.11. The quantitative estimate of drug-likeness (QED) is 0.611. The molecule has 2 rings (SSSR count). The summed E-state index contributed by atoms with van der Waals surface area (Å²) in [6.07, 6.45) is 4.39. The van der Waals surface area contributed by atoms with Crippen LogP contribution < -0.4 is 0 Å². The summed E-state index contributed by atoms with van der Waals surface area (Å²) >= 11 is 0. The Hall–Kier alpha value is -1.71. The molecule has 4 heteroatoms. The van der Waals surface area contributed by atoms with E-state index >= 15 is 0 Å². The molecule has 0 aliphatic heterocycles. The van der Waals surface area contributed by atoms with E-state index in [9.17, 15) is 4.79 Å². The fourth-order valence-electron chi connectivity index (χ4n) is 1.30. The number of hydrogen-bond acceptors (Lipinski definition) is 3. The van der Waals surface area contributed by atoms with E-state index in [0.717, 1.165) is 11.8 Å². The standard InChI is InChI=1S/C9H9N3O/c1-6-3-10-9-11-7(2)8(5-13)12(9)4-6/h3-5H,1-2H3. The summed E-state index contributed by atoms with van der Waals surface area (Å²) in [4.78, 5) is 19.0. The normalized spacial score (nSPS) is 10.6. The molecule has 2 heterocycles. The zero-order valence-electron chi connectivity index (χ0n) is 7.48. The average molecular weight is 175 g/mol. The molecule has 0 amide bonds. The predicted molar refractivity (Wildman–Crippen MR) is 47.8 cm³/mol. The highest BCUT2D eigenvalue weighted by Crippen LogP contribution is 2.08. The van der Waals surface area contributed by atoms with E-state index in [4.69, 9.17) is 0 Å². The Morgan fingerprint density at radius 3 is 2.92 bits per heavy atom. The lowest BCUT2D eigenvalue weighted by Crippen LogP contribution is -1.94. The van der Waals surface area contributed by atoms with Crippen molar-refractivity contribution in [2.45, 2.75) is 13.8 Å². The van der Waals surface area contributed by atoms with Gasteiger partial charge in [0.25, 0.3) is 0 Å². The van der Waals surface area contributed by atoms with Gasteiger partial charge >= 0.3 is 0 Å². The van der Waals surface area contributed by atoms with Crippen LogP contribution in [0.25, 0.3) is 5.78 Å². The van der Waals surface area contributed by atoms with Gasteiger partial charge in [-0.2, -0.15) is 0 Å². The third-order valence-corrected chi connectivity index (χ3v) is 1.94. The van der Waals surface area contributed by atoms with E-state index < -0.39 is 0 Å². The van der Waals surface area contributed by atoms with Crippen molar-refractivity contribution in [2.75, 3.05) is 0 Å². The maximum Gasteiger partial charge on any atom is 0.234 e. The average Bonchev–Trinajstić information content (AvgIpc) is 2.40. The molecule has 0 bridgehead atoms. The van der Waals surface area contributed by atoms with Gasteiger partial charge in [0.05, 0.1) is 5.69 Å². The van der Waals surface area contributed by atoms with Crippen LogP contribution in [-0.2, 0) is 0 Å². The van der Waals surface area contributed by atoms with E-state index in [1.54, 1.807) is 17.5 Å². The maximum atomic E-state index is 10.7.